The van der Waals surface area contributed by atoms with Crippen molar-refractivity contribution in [2.75, 3.05) is 24.7 Å². The van der Waals surface area contributed by atoms with Crippen LogP contribution in [0.25, 0.3) is 0 Å². The number of methoxy groups -OCH3 is 1. The first-order valence-electron chi connectivity index (χ1n) is 13.7. The number of carbonyl (C=O) groups is 1. The Hall–Kier alpha value is -4.73. The van der Waals surface area contributed by atoms with Crippen LogP contribution in [0.3, 0.4) is 0 Å². The van der Waals surface area contributed by atoms with E-state index in [1.165, 1.54) is 11.1 Å². The van der Waals surface area contributed by atoms with Gasteiger partial charge in [-0.2, -0.15) is 0 Å². The molecule has 10 nitrogen and oxygen atoms in total. The van der Waals surface area contributed by atoms with Crippen molar-refractivity contribution in [2.24, 2.45) is 0 Å². The van der Waals surface area contributed by atoms with Gasteiger partial charge in [-0.05, 0) is 74.1 Å². The Labute approximate surface area is 239 Å². The number of carbonyl (C=O) groups excluding carboxylic acids is 1. The number of nitrogens with zero attached hydrogens (tertiary/aromatic N) is 4. The lowest BCUT2D eigenvalue weighted by atomic mass is 9.92. The van der Waals surface area contributed by atoms with Crippen LogP contribution < -0.4 is 26.7 Å². The van der Waals surface area contributed by atoms with Gasteiger partial charge in [0.05, 0.1) is 13.3 Å². The zero-order valence-corrected chi connectivity index (χ0v) is 23.8. The van der Waals surface area contributed by atoms with E-state index in [1.807, 2.05) is 25.1 Å². The molecule has 41 heavy (non-hydrogen) atoms. The molecule has 0 fully saturated rings. The summed E-state index contributed by atoms with van der Waals surface area (Å²) in [5.74, 6) is 0.953. The number of nitrogen functional groups attached to an aromatic ring is 1. The molecule has 2 atom stereocenters. The van der Waals surface area contributed by atoms with Gasteiger partial charge >= 0.3 is 0 Å². The number of pyridine rings is 2. The van der Waals surface area contributed by atoms with Crippen LogP contribution in [-0.4, -0.2) is 39.1 Å². The quantitative estimate of drug-likeness (QED) is 0.286. The van der Waals surface area contributed by atoms with Crippen LogP contribution >= 0.6 is 0 Å². The molecule has 1 aromatic carbocycles. The van der Waals surface area contributed by atoms with Crippen LogP contribution in [0.2, 0.25) is 0 Å². The Kier molecular flexibility index (Phi) is 8.00. The van der Waals surface area contributed by atoms with Crippen LogP contribution in [-0.2, 0) is 17.8 Å². The lowest BCUT2D eigenvalue weighted by Gasteiger charge is -2.20. The molecule has 0 saturated carbocycles. The molecule has 212 valence electrons. The molecule has 1 aliphatic rings. The van der Waals surface area contributed by atoms with Crippen LogP contribution in [0.15, 0.2) is 59.7 Å². The Morgan fingerprint density at radius 3 is 2.63 bits per heavy atom. The van der Waals surface area contributed by atoms with Crippen molar-refractivity contribution in [2.45, 2.75) is 52.1 Å². The number of nitrogens with two attached hydrogens (primary N) is 1. The summed E-state index contributed by atoms with van der Waals surface area (Å²) in [6.45, 7) is 6.71. The Morgan fingerprint density at radius 1 is 1.10 bits per heavy atom. The van der Waals surface area contributed by atoms with E-state index < -0.39 is 6.04 Å². The number of benzene rings is 1. The Morgan fingerprint density at radius 2 is 1.93 bits per heavy atom. The van der Waals surface area contributed by atoms with Crippen LogP contribution in [0.1, 0.15) is 57.7 Å². The Balaban J connectivity index is 1.36. The van der Waals surface area contributed by atoms with E-state index in [2.05, 4.69) is 57.6 Å². The van der Waals surface area contributed by atoms with Gasteiger partial charge in [-0.1, -0.05) is 24.3 Å². The first-order chi connectivity index (χ1) is 19.7. The third-order valence-corrected chi connectivity index (χ3v) is 7.79. The average molecular weight is 554 g/mol. The molecule has 2 unspecified atom stereocenters. The molecule has 3 aromatic heterocycles. The summed E-state index contributed by atoms with van der Waals surface area (Å²) in [6, 6.07) is 13.1. The molecule has 1 aliphatic heterocycles. The lowest BCUT2D eigenvalue weighted by molar-refractivity contribution is -0.124. The molecular weight excluding hydrogens is 518 g/mol. The van der Waals surface area contributed by atoms with Gasteiger partial charge in [-0.3, -0.25) is 19.1 Å². The van der Waals surface area contributed by atoms with Gasteiger partial charge in [0.2, 0.25) is 5.91 Å². The fourth-order valence-corrected chi connectivity index (χ4v) is 5.20. The summed E-state index contributed by atoms with van der Waals surface area (Å²) < 4.78 is 6.85. The third-order valence-electron chi connectivity index (χ3n) is 7.79. The van der Waals surface area contributed by atoms with Gasteiger partial charge in [0, 0.05) is 42.3 Å². The standard InChI is InChI=1S/C31H35N7O3/c1-18-5-6-21(13-19(18)2)25(26-10-9-24(41-4)16-33-26)17-35-29-31(40)38-23(15-34-29)8-11-27(38)30(39)36-14-22-7-12-28(32)37-20(22)3/h5-7,9-10,12-13,15-16,25,27H,8,11,14,17H2,1-4H3,(H2,32,37)(H,34,35)(H,36,39). The fraction of sp³-hybridized carbons (Fsp3) is 0.323. The molecule has 4 N–H and O–H groups in total. The first kappa shape index (κ1) is 27.8. The molecule has 0 bridgehead atoms. The summed E-state index contributed by atoms with van der Waals surface area (Å²) >= 11 is 0. The second-order valence-electron chi connectivity index (χ2n) is 10.4. The highest BCUT2D eigenvalue weighted by Crippen LogP contribution is 2.28. The fourth-order valence-electron chi connectivity index (χ4n) is 5.20. The number of aryl methyl sites for hydroxylation is 4. The summed E-state index contributed by atoms with van der Waals surface area (Å²) in [7, 11) is 1.61. The maximum atomic E-state index is 13.6. The summed E-state index contributed by atoms with van der Waals surface area (Å²) in [5.41, 5.74) is 12.1. The molecule has 5 rings (SSSR count). The van der Waals surface area contributed by atoms with Gasteiger partial charge in [-0.15, -0.1) is 0 Å². The number of fused-ring (bicyclic) bond motifs is 1. The molecular formula is C31H35N7O3. The topological polar surface area (TPSA) is 137 Å². The van der Waals surface area contributed by atoms with E-state index >= 15 is 0 Å². The second kappa shape index (κ2) is 11.8. The number of rotatable bonds is 9. The van der Waals surface area contributed by atoms with Crippen LogP contribution in [0, 0.1) is 20.8 Å². The predicted octanol–water partition coefficient (Wildman–Crippen LogP) is 3.60. The maximum Gasteiger partial charge on any atom is 0.294 e. The molecule has 0 spiro atoms. The largest absolute Gasteiger partial charge is 0.495 e. The van der Waals surface area contributed by atoms with E-state index in [9.17, 15) is 9.59 Å². The minimum absolute atomic E-state index is 0.143. The maximum absolute atomic E-state index is 13.6. The van der Waals surface area contributed by atoms with Gasteiger partial charge in [0.15, 0.2) is 5.82 Å². The van der Waals surface area contributed by atoms with E-state index in [0.29, 0.717) is 37.5 Å². The van der Waals surface area contributed by atoms with Crippen molar-refractivity contribution in [1.82, 2.24) is 24.8 Å². The summed E-state index contributed by atoms with van der Waals surface area (Å²) in [4.78, 5) is 40.1. The van der Waals surface area contributed by atoms with Gasteiger partial charge < -0.3 is 21.1 Å². The van der Waals surface area contributed by atoms with Crippen LogP contribution in [0.5, 0.6) is 5.75 Å². The van der Waals surface area contributed by atoms with Crippen molar-refractivity contribution in [3.8, 4) is 5.75 Å². The number of anilines is 2. The van der Waals surface area contributed by atoms with E-state index in [0.717, 1.165) is 28.2 Å². The molecule has 0 radical (unpaired) electrons. The minimum Gasteiger partial charge on any atom is -0.495 e. The molecule has 10 heteroatoms. The van der Waals surface area contributed by atoms with E-state index in [1.54, 1.807) is 30.1 Å². The highest BCUT2D eigenvalue weighted by Gasteiger charge is 2.31. The van der Waals surface area contributed by atoms with Crippen molar-refractivity contribution in [1.29, 1.82) is 0 Å². The van der Waals surface area contributed by atoms with Crippen molar-refractivity contribution in [3.63, 3.8) is 0 Å². The smallest absolute Gasteiger partial charge is 0.294 e. The molecule has 4 heterocycles. The molecule has 4 aromatic rings. The highest BCUT2D eigenvalue weighted by molar-refractivity contribution is 5.81. The molecule has 0 saturated heterocycles. The monoisotopic (exact) mass is 553 g/mol. The zero-order chi connectivity index (χ0) is 29.1. The summed E-state index contributed by atoms with van der Waals surface area (Å²) in [5, 5.41) is 6.23. The first-order valence-corrected chi connectivity index (χ1v) is 13.7. The highest BCUT2D eigenvalue weighted by atomic mass is 16.5. The lowest BCUT2D eigenvalue weighted by Crippen LogP contribution is -2.36. The number of aromatic nitrogens is 4. The van der Waals surface area contributed by atoms with Gasteiger partial charge in [-0.25, -0.2) is 9.97 Å². The van der Waals surface area contributed by atoms with Crippen molar-refractivity contribution < 1.29 is 9.53 Å². The normalized spacial score (nSPS) is 14.8. The minimum atomic E-state index is -0.609. The number of hydrogen-bond donors (Lipinski definition) is 3. The SMILES string of the molecule is COc1ccc(C(CNc2ncc3n(c2=O)C(C(=O)NCc2ccc(N)nc2C)CC3)c2ccc(C)c(C)c2)nc1. The number of hydrogen-bond acceptors (Lipinski definition) is 8. The molecule has 1 amide bonds. The van der Waals surface area contributed by atoms with Crippen molar-refractivity contribution in [3.05, 3.63) is 105 Å². The van der Waals surface area contributed by atoms with Crippen molar-refractivity contribution >= 4 is 17.5 Å². The zero-order valence-electron chi connectivity index (χ0n) is 23.8. The average Bonchev–Trinajstić information content (AvgIpc) is 3.41. The Bertz CT molecular complexity index is 1630. The van der Waals surface area contributed by atoms with Crippen LogP contribution in [0.4, 0.5) is 11.6 Å². The molecule has 0 aliphatic carbocycles. The number of amides is 1. The summed E-state index contributed by atoms with van der Waals surface area (Å²) in [6.07, 6.45) is 4.51. The van der Waals surface area contributed by atoms with Gasteiger partial charge in [0.1, 0.15) is 17.6 Å². The number of ether oxygens (including phenoxy) is 1. The van der Waals surface area contributed by atoms with E-state index in [4.69, 9.17) is 10.5 Å². The second-order valence-corrected chi connectivity index (χ2v) is 10.4. The van der Waals surface area contributed by atoms with E-state index in [-0.39, 0.29) is 23.2 Å². The van der Waals surface area contributed by atoms with Gasteiger partial charge in [0.25, 0.3) is 5.56 Å². The third kappa shape index (κ3) is 5.91. The number of nitrogens with one attached hydrogen (secondary N) is 2. The predicted molar refractivity (Wildman–Crippen MR) is 158 cm³/mol.